The summed E-state index contributed by atoms with van der Waals surface area (Å²) in [6.45, 7) is 3.49. The summed E-state index contributed by atoms with van der Waals surface area (Å²) in [5.41, 5.74) is 2.66. The second-order valence-corrected chi connectivity index (χ2v) is 8.17. The number of hydrogen-bond donors (Lipinski definition) is 2. The van der Waals surface area contributed by atoms with Crippen molar-refractivity contribution in [2.45, 2.75) is 23.9 Å². The van der Waals surface area contributed by atoms with Crippen molar-refractivity contribution in [3.63, 3.8) is 0 Å². The number of nitrogens with one attached hydrogen (secondary N) is 2. The molecule has 2 N–H and O–H groups in total. The molecule has 0 fully saturated rings. The summed E-state index contributed by atoms with van der Waals surface area (Å²) in [4.78, 5) is 15.6. The number of thiazole rings is 1. The maximum atomic E-state index is 11.1. The lowest BCUT2D eigenvalue weighted by Crippen LogP contribution is -2.05. The number of carbonyl (C=O) groups is 1. The molecule has 1 amide bonds. The quantitative estimate of drug-likeness (QED) is 0.624. The molecule has 0 aliphatic heterocycles. The molecule has 0 spiro atoms. The average molecular weight is 378 g/mol. The Kier molecular flexibility index (Phi) is 5.44. The van der Waals surface area contributed by atoms with Crippen LogP contribution >= 0.6 is 34.4 Å². The van der Waals surface area contributed by atoms with Gasteiger partial charge in [-0.15, -0.1) is 21.5 Å². The zero-order valence-electron chi connectivity index (χ0n) is 13.1. The Balaban J connectivity index is 1.60. The van der Waals surface area contributed by atoms with Crippen LogP contribution in [0.4, 0.5) is 16.5 Å². The molecule has 3 aromatic rings. The largest absolute Gasteiger partial charge is 0.330 e. The van der Waals surface area contributed by atoms with Crippen LogP contribution in [0.2, 0.25) is 0 Å². The first kappa shape index (κ1) is 16.9. The van der Waals surface area contributed by atoms with Gasteiger partial charge in [0.1, 0.15) is 0 Å². The molecule has 0 bridgehead atoms. The Morgan fingerprint density at radius 2 is 2.12 bits per heavy atom. The van der Waals surface area contributed by atoms with E-state index in [9.17, 15) is 4.79 Å². The molecular formula is C15H15N5OS3. The highest BCUT2D eigenvalue weighted by molar-refractivity contribution is 8.00. The van der Waals surface area contributed by atoms with Gasteiger partial charge in [-0.25, -0.2) is 4.98 Å². The van der Waals surface area contributed by atoms with E-state index in [4.69, 9.17) is 0 Å². The van der Waals surface area contributed by atoms with Gasteiger partial charge in [0, 0.05) is 29.4 Å². The number of anilines is 3. The zero-order valence-corrected chi connectivity index (χ0v) is 15.5. The fourth-order valence-corrected chi connectivity index (χ4v) is 4.31. The van der Waals surface area contributed by atoms with Gasteiger partial charge in [0.25, 0.3) is 0 Å². The summed E-state index contributed by atoms with van der Waals surface area (Å²) in [7, 11) is 0. The van der Waals surface area contributed by atoms with Gasteiger partial charge >= 0.3 is 0 Å². The second-order valence-electron chi connectivity index (χ2n) is 4.91. The first-order valence-corrected chi connectivity index (χ1v) is 9.78. The van der Waals surface area contributed by atoms with Gasteiger partial charge in [-0.1, -0.05) is 29.2 Å². The van der Waals surface area contributed by atoms with Crippen LogP contribution in [0.15, 0.2) is 34.0 Å². The third-order valence-corrected chi connectivity index (χ3v) is 5.68. The molecule has 9 heteroatoms. The molecule has 2 aromatic heterocycles. The van der Waals surface area contributed by atoms with Crippen molar-refractivity contribution in [1.29, 1.82) is 0 Å². The minimum Gasteiger partial charge on any atom is -0.330 e. The van der Waals surface area contributed by atoms with Crippen LogP contribution < -0.4 is 10.6 Å². The molecule has 1 aromatic carbocycles. The van der Waals surface area contributed by atoms with Gasteiger partial charge in [0.2, 0.25) is 11.0 Å². The number of rotatable bonds is 6. The zero-order chi connectivity index (χ0) is 16.9. The van der Waals surface area contributed by atoms with Crippen LogP contribution in [0.25, 0.3) is 0 Å². The molecule has 0 saturated heterocycles. The normalized spacial score (nSPS) is 10.6. The van der Waals surface area contributed by atoms with Gasteiger partial charge in [-0.05, 0) is 25.1 Å². The fraction of sp³-hybridized carbons (Fsp3) is 0.200. The molecule has 0 saturated carbocycles. The Labute approximate surface area is 151 Å². The van der Waals surface area contributed by atoms with Crippen molar-refractivity contribution in [3.8, 4) is 0 Å². The number of benzene rings is 1. The van der Waals surface area contributed by atoms with E-state index in [-0.39, 0.29) is 5.91 Å². The highest BCUT2D eigenvalue weighted by Crippen LogP contribution is 2.30. The molecule has 0 aliphatic rings. The number of hydrogen-bond acceptors (Lipinski definition) is 8. The molecule has 0 unspecified atom stereocenters. The van der Waals surface area contributed by atoms with Crippen molar-refractivity contribution < 1.29 is 4.79 Å². The van der Waals surface area contributed by atoms with E-state index >= 15 is 0 Å². The summed E-state index contributed by atoms with van der Waals surface area (Å²) in [6, 6.07) is 7.48. The van der Waals surface area contributed by atoms with Crippen LogP contribution in [0, 0.1) is 6.92 Å². The Morgan fingerprint density at radius 3 is 2.88 bits per heavy atom. The van der Waals surface area contributed by atoms with Crippen molar-refractivity contribution in [2.75, 3.05) is 10.6 Å². The van der Waals surface area contributed by atoms with E-state index in [0.29, 0.717) is 5.13 Å². The van der Waals surface area contributed by atoms with Gasteiger partial charge in [-0.2, -0.15) is 0 Å². The number of nitrogens with zero attached hydrogens (tertiary/aromatic N) is 3. The smallest absolute Gasteiger partial charge is 0.221 e. The van der Waals surface area contributed by atoms with Crippen LogP contribution in [0.3, 0.4) is 0 Å². The molecule has 0 atom stereocenters. The summed E-state index contributed by atoms with van der Waals surface area (Å²) in [6.07, 6.45) is 0. The average Bonchev–Trinajstić information content (AvgIpc) is 3.14. The summed E-state index contributed by atoms with van der Waals surface area (Å²) >= 11 is 4.77. The Hall–Kier alpha value is -1.97. The molecule has 0 radical (unpaired) electrons. The maximum Gasteiger partial charge on any atom is 0.221 e. The van der Waals surface area contributed by atoms with E-state index in [0.717, 1.165) is 32.2 Å². The number of aromatic nitrogens is 3. The van der Waals surface area contributed by atoms with Crippen LogP contribution in [0.1, 0.15) is 17.6 Å². The SMILES string of the molecule is CC(=O)Nc1cccc(Nc2nnc(SCc3csc(C)n3)s2)c1. The minimum absolute atomic E-state index is 0.0981. The van der Waals surface area contributed by atoms with E-state index < -0.39 is 0 Å². The lowest BCUT2D eigenvalue weighted by molar-refractivity contribution is -0.114. The van der Waals surface area contributed by atoms with E-state index in [1.807, 2.05) is 31.2 Å². The highest BCUT2D eigenvalue weighted by atomic mass is 32.2. The number of aryl methyl sites for hydroxylation is 1. The molecule has 3 rings (SSSR count). The number of thioether (sulfide) groups is 1. The first-order valence-electron chi connectivity index (χ1n) is 7.10. The van der Waals surface area contributed by atoms with Gasteiger partial charge in [0.15, 0.2) is 4.34 Å². The van der Waals surface area contributed by atoms with E-state index in [1.54, 1.807) is 23.1 Å². The van der Waals surface area contributed by atoms with Gasteiger partial charge in [0.05, 0.1) is 10.7 Å². The minimum atomic E-state index is -0.0981. The van der Waals surface area contributed by atoms with Crippen LogP contribution in [-0.2, 0) is 10.5 Å². The van der Waals surface area contributed by atoms with Crippen molar-refractivity contribution >= 4 is 56.8 Å². The van der Waals surface area contributed by atoms with E-state index in [2.05, 4.69) is 31.2 Å². The van der Waals surface area contributed by atoms with Crippen molar-refractivity contribution in [3.05, 3.63) is 40.3 Å². The molecular weight excluding hydrogens is 362 g/mol. The molecule has 0 aliphatic carbocycles. The highest BCUT2D eigenvalue weighted by Gasteiger charge is 2.07. The second kappa shape index (κ2) is 7.73. The van der Waals surface area contributed by atoms with Crippen LogP contribution in [-0.4, -0.2) is 21.1 Å². The van der Waals surface area contributed by atoms with Gasteiger partial charge < -0.3 is 10.6 Å². The first-order chi connectivity index (χ1) is 11.6. The molecule has 124 valence electrons. The predicted octanol–water partition coefficient (Wildman–Crippen LogP) is 4.30. The predicted molar refractivity (Wildman–Crippen MR) is 100 cm³/mol. The lowest BCUT2D eigenvalue weighted by atomic mass is 10.3. The number of amides is 1. The summed E-state index contributed by atoms with van der Waals surface area (Å²) < 4.78 is 0.890. The van der Waals surface area contributed by atoms with Crippen molar-refractivity contribution in [1.82, 2.24) is 15.2 Å². The van der Waals surface area contributed by atoms with Crippen molar-refractivity contribution in [2.24, 2.45) is 0 Å². The summed E-state index contributed by atoms with van der Waals surface area (Å²) in [5.74, 6) is 0.691. The topological polar surface area (TPSA) is 79.8 Å². The van der Waals surface area contributed by atoms with E-state index in [1.165, 1.54) is 18.3 Å². The third kappa shape index (κ3) is 4.76. The fourth-order valence-electron chi connectivity index (χ4n) is 1.93. The third-order valence-electron chi connectivity index (χ3n) is 2.85. The number of carbonyl (C=O) groups excluding carboxylic acids is 1. The Bertz CT molecular complexity index is 845. The lowest BCUT2D eigenvalue weighted by Gasteiger charge is -2.05. The molecule has 6 nitrogen and oxygen atoms in total. The summed E-state index contributed by atoms with van der Waals surface area (Å²) in [5, 5.41) is 18.1. The molecule has 2 heterocycles. The van der Waals surface area contributed by atoms with Gasteiger partial charge in [-0.3, -0.25) is 4.79 Å². The monoisotopic (exact) mass is 377 g/mol. The van der Waals surface area contributed by atoms with Crippen LogP contribution in [0.5, 0.6) is 0 Å². The maximum absolute atomic E-state index is 11.1. The molecule has 24 heavy (non-hydrogen) atoms. The Morgan fingerprint density at radius 1 is 1.29 bits per heavy atom. The standard InChI is InChI=1S/C15H15N5OS3/c1-9(21)16-11-4-3-5-12(6-11)18-14-19-20-15(24-14)23-8-13-7-22-10(2)17-13/h3-7H,8H2,1-2H3,(H,16,21)(H,18,19).